The van der Waals surface area contributed by atoms with Crippen LogP contribution in [0.5, 0.6) is 0 Å². The lowest BCUT2D eigenvalue weighted by atomic mass is 10.2. The highest BCUT2D eigenvalue weighted by Crippen LogP contribution is 2.23. The Balaban J connectivity index is 1.49. The molecule has 2 fully saturated rings. The minimum atomic E-state index is 0.286. The molecule has 1 aromatic heterocycles. The zero-order valence-corrected chi connectivity index (χ0v) is 10.9. The highest BCUT2D eigenvalue weighted by molar-refractivity contribution is 7.15. The summed E-state index contributed by atoms with van der Waals surface area (Å²) in [4.78, 5) is 2.56. The zero-order chi connectivity index (χ0) is 11.7. The Morgan fingerprint density at radius 3 is 3.29 bits per heavy atom. The molecule has 2 saturated heterocycles. The third kappa shape index (κ3) is 2.59. The van der Waals surface area contributed by atoms with Crippen LogP contribution in [0.2, 0.25) is 0 Å². The first-order valence-corrected chi connectivity index (χ1v) is 7.02. The maximum atomic E-state index is 5.87. The van der Waals surface area contributed by atoms with Gasteiger partial charge in [0.1, 0.15) is 5.01 Å². The second-order valence-electron chi connectivity index (χ2n) is 4.75. The number of rotatable bonds is 3. The fourth-order valence-electron chi connectivity index (χ4n) is 2.58. The number of fused-ring (bicyclic) bond motifs is 1. The van der Waals surface area contributed by atoms with Gasteiger partial charge in [-0.25, -0.2) is 0 Å². The third-order valence-electron chi connectivity index (χ3n) is 3.47. The van der Waals surface area contributed by atoms with E-state index < -0.39 is 0 Å². The van der Waals surface area contributed by atoms with E-state index in [2.05, 4.69) is 20.4 Å². The van der Waals surface area contributed by atoms with Gasteiger partial charge in [0.05, 0.1) is 12.7 Å². The summed E-state index contributed by atoms with van der Waals surface area (Å²) in [5.41, 5.74) is 0. The summed E-state index contributed by atoms with van der Waals surface area (Å²) in [5, 5.41) is 13.2. The molecule has 0 saturated carbocycles. The molecular formula is C11H18N4OS. The van der Waals surface area contributed by atoms with Crippen LogP contribution in [0.4, 0.5) is 5.13 Å². The molecule has 0 radical (unpaired) electrons. The van der Waals surface area contributed by atoms with E-state index >= 15 is 0 Å². The number of ether oxygens (including phenoxy) is 1. The Morgan fingerprint density at radius 2 is 2.47 bits per heavy atom. The molecule has 0 spiro atoms. The highest BCUT2D eigenvalue weighted by atomic mass is 32.1. The number of nitrogens with zero attached hydrogens (tertiary/aromatic N) is 3. The summed E-state index contributed by atoms with van der Waals surface area (Å²) in [5.74, 6) is 0. The Morgan fingerprint density at radius 1 is 1.53 bits per heavy atom. The molecule has 0 aliphatic carbocycles. The zero-order valence-electron chi connectivity index (χ0n) is 10.1. The molecule has 0 amide bonds. The van der Waals surface area contributed by atoms with Crippen LogP contribution in [0.15, 0.2) is 0 Å². The first kappa shape index (κ1) is 11.4. The second-order valence-corrected chi connectivity index (χ2v) is 5.94. The minimum absolute atomic E-state index is 0.286. The molecule has 6 heteroatoms. The van der Waals surface area contributed by atoms with E-state index in [4.69, 9.17) is 4.74 Å². The van der Waals surface area contributed by atoms with Gasteiger partial charge in [-0.2, -0.15) is 0 Å². The van der Waals surface area contributed by atoms with Crippen molar-refractivity contribution < 1.29 is 4.74 Å². The van der Waals surface area contributed by atoms with Gasteiger partial charge in [0.25, 0.3) is 0 Å². The SMILES string of the molecule is Cc1nnc(NCC2CN3CCCC3CO2)s1. The van der Waals surface area contributed by atoms with Crippen molar-refractivity contribution in [3.05, 3.63) is 5.01 Å². The molecule has 17 heavy (non-hydrogen) atoms. The molecule has 3 heterocycles. The summed E-state index contributed by atoms with van der Waals surface area (Å²) >= 11 is 1.59. The predicted octanol–water partition coefficient (Wildman–Crippen LogP) is 1.12. The standard InChI is InChI=1S/C11H18N4OS/c1-8-13-14-11(17-8)12-5-10-6-15-4-2-3-9(15)7-16-10/h9-10H,2-7H2,1H3,(H,12,14). The lowest BCUT2D eigenvalue weighted by Gasteiger charge is -2.35. The monoisotopic (exact) mass is 254 g/mol. The van der Waals surface area contributed by atoms with Gasteiger partial charge in [-0.3, -0.25) is 4.90 Å². The molecule has 1 N–H and O–H groups in total. The van der Waals surface area contributed by atoms with Crippen LogP contribution in [-0.2, 0) is 4.74 Å². The first-order valence-electron chi connectivity index (χ1n) is 6.21. The maximum absolute atomic E-state index is 5.87. The van der Waals surface area contributed by atoms with Gasteiger partial charge in [-0.15, -0.1) is 10.2 Å². The van der Waals surface area contributed by atoms with E-state index in [0.29, 0.717) is 6.04 Å². The average molecular weight is 254 g/mol. The second kappa shape index (κ2) is 4.88. The predicted molar refractivity (Wildman–Crippen MR) is 67.5 cm³/mol. The molecule has 94 valence electrons. The van der Waals surface area contributed by atoms with Crippen LogP contribution >= 0.6 is 11.3 Å². The van der Waals surface area contributed by atoms with Gasteiger partial charge >= 0.3 is 0 Å². The van der Waals surface area contributed by atoms with Crippen LogP contribution in [0.25, 0.3) is 0 Å². The maximum Gasteiger partial charge on any atom is 0.205 e. The van der Waals surface area contributed by atoms with Crippen molar-refractivity contribution in [1.82, 2.24) is 15.1 Å². The van der Waals surface area contributed by atoms with E-state index in [9.17, 15) is 0 Å². The van der Waals surface area contributed by atoms with Crippen molar-refractivity contribution in [3.63, 3.8) is 0 Å². The molecule has 0 bridgehead atoms. The Labute approximate surface area is 105 Å². The molecular weight excluding hydrogens is 236 g/mol. The van der Waals surface area contributed by atoms with Gasteiger partial charge in [0.15, 0.2) is 0 Å². The van der Waals surface area contributed by atoms with E-state index in [1.54, 1.807) is 11.3 Å². The number of anilines is 1. The van der Waals surface area contributed by atoms with Crippen molar-refractivity contribution in [2.75, 3.05) is 31.6 Å². The quantitative estimate of drug-likeness (QED) is 0.876. The van der Waals surface area contributed by atoms with Crippen molar-refractivity contribution in [2.45, 2.75) is 31.9 Å². The van der Waals surface area contributed by atoms with E-state index in [1.807, 2.05) is 6.92 Å². The number of aryl methyl sites for hydroxylation is 1. The fourth-order valence-corrected chi connectivity index (χ4v) is 3.18. The number of hydrogen-bond acceptors (Lipinski definition) is 6. The number of hydrogen-bond donors (Lipinski definition) is 1. The smallest absolute Gasteiger partial charge is 0.205 e. The Hall–Kier alpha value is -0.720. The van der Waals surface area contributed by atoms with Crippen molar-refractivity contribution in [2.24, 2.45) is 0 Å². The lowest BCUT2D eigenvalue weighted by molar-refractivity contribution is -0.0415. The molecule has 5 nitrogen and oxygen atoms in total. The lowest BCUT2D eigenvalue weighted by Crippen LogP contribution is -2.48. The molecule has 2 unspecified atom stereocenters. The summed E-state index contributed by atoms with van der Waals surface area (Å²) in [7, 11) is 0. The van der Waals surface area contributed by atoms with Crippen LogP contribution < -0.4 is 5.32 Å². The summed E-state index contributed by atoms with van der Waals surface area (Å²) in [6.45, 7) is 5.98. The van der Waals surface area contributed by atoms with Crippen molar-refractivity contribution >= 4 is 16.5 Å². The van der Waals surface area contributed by atoms with Gasteiger partial charge in [-0.1, -0.05) is 11.3 Å². The number of aromatic nitrogens is 2. The van der Waals surface area contributed by atoms with Crippen LogP contribution in [0, 0.1) is 6.92 Å². The van der Waals surface area contributed by atoms with Crippen molar-refractivity contribution in [3.8, 4) is 0 Å². The van der Waals surface area contributed by atoms with Gasteiger partial charge in [-0.05, 0) is 26.3 Å². The molecule has 2 aliphatic heterocycles. The van der Waals surface area contributed by atoms with Crippen LogP contribution in [0.3, 0.4) is 0 Å². The summed E-state index contributed by atoms with van der Waals surface area (Å²) in [6, 6.07) is 0.676. The number of morpholine rings is 1. The van der Waals surface area contributed by atoms with Gasteiger partial charge < -0.3 is 10.1 Å². The molecule has 1 aromatic rings. The molecule has 3 rings (SSSR count). The molecule has 2 aliphatic rings. The summed E-state index contributed by atoms with van der Waals surface area (Å²) in [6.07, 6.45) is 2.91. The minimum Gasteiger partial charge on any atom is -0.373 e. The summed E-state index contributed by atoms with van der Waals surface area (Å²) < 4.78 is 5.87. The van der Waals surface area contributed by atoms with Crippen LogP contribution in [0.1, 0.15) is 17.8 Å². The Kier molecular flexibility index (Phi) is 3.26. The van der Waals surface area contributed by atoms with E-state index in [-0.39, 0.29) is 6.10 Å². The molecule has 0 aromatic carbocycles. The fraction of sp³-hybridized carbons (Fsp3) is 0.818. The van der Waals surface area contributed by atoms with Gasteiger partial charge in [0, 0.05) is 19.1 Å². The number of nitrogens with one attached hydrogen (secondary N) is 1. The normalized spacial score (nSPS) is 29.2. The van der Waals surface area contributed by atoms with Crippen LogP contribution in [-0.4, -0.2) is 53.5 Å². The third-order valence-corrected chi connectivity index (χ3v) is 4.26. The molecule has 2 atom stereocenters. The van der Waals surface area contributed by atoms with Crippen molar-refractivity contribution in [1.29, 1.82) is 0 Å². The largest absolute Gasteiger partial charge is 0.373 e. The van der Waals surface area contributed by atoms with E-state index in [1.165, 1.54) is 19.4 Å². The van der Waals surface area contributed by atoms with Gasteiger partial charge in [0.2, 0.25) is 5.13 Å². The van der Waals surface area contributed by atoms with E-state index in [0.717, 1.165) is 29.8 Å². The topological polar surface area (TPSA) is 50.3 Å². The average Bonchev–Trinajstić information content (AvgIpc) is 2.94. The Bertz CT molecular complexity index is 383. The first-order chi connectivity index (χ1) is 8.31. The highest BCUT2D eigenvalue weighted by Gasteiger charge is 2.31.